The minimum atomic E-state index is -1.01. The Balaban J connectivity index is 1.72. The Morgan fingerprint density at radius 1 is 1.03 bits per heavy atom. The number of non-ortho nitro benzene ring substituents is 1. The van der Waals surface area contributed by atoms with Gasteiger partial charge in [-0.05, 0) is 41.3 Å². The molecule has 0 saturated carbocycles. The van der Waals surface area contributed by atoms with Crippen molar-refractivity contribution in [3.05, 3.63) is 111 Å². The summed E-state index contributed by atoms with van der Waals surface area (Å²) in [6, 6.07) is 19.4. The van der Waals surface area contributed by atoms with E-state index in [0.717, 1.165) is 12.1 Å². The van der Waals surface area contributed by atoms with Gasteiger partial charge in [-0.1, -0.05) is 54.3 Å². The zero-order chi connectivity index (χ0) is 28.1. The van der Waals surface area contributed by atoms with E-state index in [1.807, 2.05) is 44.4 Å². The molecule has 3 aromatic carbocycles. The number of likely N-dealkylation sites (tertiary alicyclic amines) is 1. The number of quaternary nitrogens is 1. The lowest BCUT2D eigenvalue weighted by Gasteiger charge is -2.28. The van der Waals surface area contributed by atoms with Crippen LogP contribution in [0.4, 0.5) is 5.69 Å². The molecule has 1 atom stereocenters. The van der Waals surface area contributed by atoms with Gasteiger partial charge in [-0.25, -0.2) is 0 Å². The van der Waals surface area contributed by atoms with E-state index < -0.39 is 28.4 Å². The van der Waals surface area contributed by atoms with Crippen molar-refractivity contribution in [3.8, 4) is 5.75 Å². The van der Waals surface area contributed by atoms with Gasteiger partial charge in [0.1, 0.15) is 12.4 Å². The average molecular weight is 530 g/mol. The van der Waals surface area contributed by atoms with Crippen molar-refractivity contribution in [2.75, 3.05) is 27.2 Å². The number of carbonyl (C=O) groups is 2. The Bertz CT molecular complexity index is 1420. The standard InChI is InChI=1S/C30H31N3O6/c1-20-17-24(39-19-21-9-5-4-6-10-21)13-14-25(20)28(34)26-27(22-11-7-12-23(18-22)33(37)38)32(30(36)29(26)35)16-8-15-31(2)3/h4-7,9-14,17-18,27,34H,8,15-16,19H2,1-3H3. The SMILES string of the molecule is Cc1cc(OCc2ccccc2)ccc1C([O-])=C1C(=O)C(=O)N(CCC[NH+](C)C)C1c1cccc([N+](=O)[O-])c1. The summed E-state index contributed by atoms with van der Waals surface area (Å²) in [6.07, 6.45) is 0.598. The maximum Gasteiger partial charge on any atom is 0.295 e. The first kappa shape index (κ1) is 27.5. The lowest BCUT2D eigenvalue weighted by molar-refractivity contribution is -0.858. The summed E-state index contributed by atoms with van der Waals surface area (Å²) in [5.74, 6) is -1.66. The van der Waals surface area contributed by atoms with Crippen LogP contribution in [0.5, 0.6) is 5.75 Å². The molecular weight excluding hydrogens is 498 g/mol. The zero-order valence-corrected chi connectivity index (χ0v) is 22.2. The molecule has 4 rings (SSSR count). The number of ether oxygens (including phenoxy) is 1. The average Bonchev–Trinajstić information content (AvgIpc) is 3.17. The Morgan fingerprint density at radius 3 is 2.44 bits per heavy atom. The van der Waals surface area contributed by atoms with E-state index in [4.69, 9.17) is 4.74 Å². The molecular formula is C30H31N3O6. The van der Waals surface area contributed by atoms with Crippen LogP contribution < -0.4 is 14.7 Å². The normalized spacial score (nSPS) is 16.6. The summed E-state index contributed by atoms with van der Waals surface area (Å²) in [7, 11) is 3.96. The fourth-order valence-corrected chi connectivity index (χ4v) is 4.73. The summed E-state index contributed by atoms with van der Waals surface area (Å²) in [4.78, 5) is 39.8. The topological polar surface area (TPSA) is 117 Å². The first-order chi connectivity index (χ1) is 18.7. The largest absolute Gasteiger partial charge is 0.872 e. The number of rotatable bonds is 10. The molecule has 1 aliphatic heterocycles. The molecule has 0 aromatic heterocycles. The van der Waals surface area contributed by atoms with Crippen LogP contribution in [0, 0.1) is 17.0 Å². The zero-order valence-electron chi connectivity index (χ0n) is 22.2. The number of nitro groups is 1. The van der Waals surface area contributed by atoms with Gasteiger partial charge in [0.25, 0.3) is 11.6 Å². The van der Waals surface area contributed by atoms with Crippen LogP contribution in [0.15, 0.2) is 78.4 Å². The number of ketones is 1. The molecule has 9 nitrogen and oxygen atoms in total. The second kappa shape index (κ2) is 11.9. The van der Waals surface area contributed by atoms with Crippen molar-refractivity contribution in [1.82, 2.24) is 4.90 Å². The van der Waals surface area contributed by atoms with Crippen LogP contribution in [-0.4, -0.2) is 48.7 Å². The molecule has 0 spiro atoms. The molecule has 1 N–H and O–H groups in total. The molecule has 1 saturated heterocycles. The Morgan fingerprint density at radius 2 is 1.77 bits per heavy atom. The summed E-state index contributed by atoms with van der Waals surface area (Å²) in [5, 5.41) is 25.3. The van der Waals surface area contributed by atoms with Gasteiger partial charge in [-0.2, -0.15) is 0 Å². The van der Waals surface area contributed by atoms with E-state index >= 15 is 0 Å². The molecule has 1 aliphatic rings. The molecule has 0 aliphatic carbocycles. The van der Waals surface area contributed by atoms with E-state index in [0.29, 0.717) is 29.9 Å². The third kappa shape index (κ3) is 6.15. The Labute approximate surface area is 227 Å². The third-order valence-electron chi connectivity index (χ3n) is 6.69. The van der Waals surface area contributed by atoms with Gasteiger partial charge in [0.2, 0.25) is 5.78 Å². The number of aryl methyl sites for hydroxylation is 1. The number of carbonyl (C=O) groups excluding carboxylic acids is 2. The summed E-state index contributed by atoms with van der Waals surface area (Å²) < 4.78 is 5.86. The monoisotopic (exact) mass is 529 g/mol. The van der Waals surface area contributed by atoms with Crippen LogP contribution in [0.1, 0.15) is 34.7 Å². The van der Waals surface area contributed by atoms with E-state index in [1.165, 1.54) is 28.0 Å². The second-order valence-electron chi connectivity index (χ2n) is 9.89. The van der Waals surface area contributed by atoms with Crippen LogP contribution in [0.2, 0.25) is 0 Å². The number of amides is 1. The number of nitrogens with one attached hydrogen (secondary N) is 1. The molecule has 202 valence electrons. The number of nitrogens with zero attached hydrogens (tertiary/aromatic N) is 2. The molecule has 1 fully saturated rings. The maximum atomic E-state index is 13.8. The van der Waals surface area contributed by atoms with Crippen LogP contribution >= 0.6 is 0 Å². The van der Waals surface area contributed by atoms with Crippen molar-refractivity contribution in [2.45, 2.75) is 26.0 Å². The van der Waals surface area contributed by atoms with E-state index in [-0.39, 0.29) is 23.4 Å². The Hall–Kier alpha value is -4.50. The predicted octanol–water partition coefficient (Wildman–Crippen LogP) is 2.24. The Kier molecular flexibility index (Phi) is 8.41. The van der Waals surface area contributed by atoms with Crippen LogP contribution in [0.25, 0.3) is 5.76 Å². The molecule has 0 bridgehead atoms. The molecule has 9 heteroatoms. The highest BCUT2D eigenvalue weighted by Crippen LogP contribution is 2.40. The van der Waals surface area contributed by atoms with Crippen molar-refractivity contribution >= 4 is 23.1 Å². The summed E-state index contributed by atoms with van der Waals surface area (Å²) >= 11 is 0. The highest BCUT2D eigenvalue weighted by molar-refractivity contribution is 6.46. The van der Waals surface area contributed by atoms with Gasteiger partial charge in [0.15, 0.2) is 0 Å². The number of hydrogen-bond donors (Lipinski definition) is 1. The van der Waals surface area contributed by atoms with E-state index in [2.05, 4.69) is 0 Å². The van der Waals surface area contributed by atoms with Gasteiger partial charge in [0.05, 0.1) is 31.6 Å². The van der Waals surface area contributed by atoms with E-state index in [1.54, 1.807) is 31.2 Å². The second-order valence-corrected chi connectivity index (χ2v) is 9.89. The lowest BCUT2D eigenvalue weighted by Crippen LogP contribution is -3.05. The van der Waals surface area contributed by atoms with Crippen LogP contribution in [0.3, 0.4) is 0 Å². The highest BCUT2D eigenvalue weighted by Gasteiger charge is 2.44. The molecule has 39 heavy (non-hydrogen) atoms. The molecule has 1 unspecified atom stereocenters. The van der Waals surface area contributed by atoms with E-state index in [9.17, 15) is 24.8 Å². The smallest absolute Gasteiger partial charge is 0.295 e. The van der Waals surface area contributed by atoms with Crippen molar-refractivity contribution in [3.63, 3.8) is 0 Å². The minimum Gasteiger partial charge on any atom is -0.872 e. The first-order valence-corrected chi connectivity index (χ1v) is 12.7. The fraction of sp³-hybridized carbons (Fsp3) is 0.267. The number of hydrogen-bond acceptors (Lipinski definition) is 6. The molecule has 0 radical (unpaired) electrons. The first-order valence-electron chi connectivity index (χ1n) is 12.7. The van der Waals surface area contributed by atoms with Gasteiger partial charge < -0.3 is 19.6 Å². The number of benzene rings is 3. The fourth-order valence-electron chi connectivity index (χ4n) is 4.73. The molecule has 1 heterocycles. The van der Waals surface area contributed by atoms with Gasteiger partial charge in [-0.15, -0.1) is 0 Å². The lowest BCUT2D eigenvalue weighted by atomic mass is 9.93. The quantitative estimate of drug-likeness (QED) is 0.142. The van der Waals surface area contributed by atoms with Gasteiger partial charge >= 0.3 is 0 Å². The molecule has 3 aromatic rings. The van der Waals surface area contributed by atoms with Crippen molar-refractivity contribution in [1.29, 1.82) is 0 Å². The van der Waals surface area contributed by atoms with Gasteiger partial charge in [0, 0.05) is 30.7 Å². The summed E-state index contributed by atoms with van der Waals surface area (Å²) in [5.41, 5.74) is 1.83. The van der Waals surface area contributed by atoms with Crippen molar-refractivity contribution in [2.24, 2.45) is 0 Å². The molecule has 1 amide bonds. The maximum absolute atomic E-state index is 13.8. The van der Waals surface area contributed by atoms with Crippen molar-refractivity contribution < 1.29 is 29.3 Å². The summed E-state index contributed by atoms with van der Waals surface area (Å²) in [6.45, 7) is 3.08. The highest BCUT2D eigenvalue weighted by atomic mass is 16.6. The number of nitro benzene ring substituents is 1. The van der Waals surface area contributed by atoms with Gasteiger partial charge in [-0.3, -0.25) is 19.7 Å². The predicted molar refractivity (Wildman–Crippen MR) is 144 cm³/mol. The van der Waals surface area contributed by atoms with Crippen LogP contribution in [-0.2, 0) is 16.2 Å². The third-order valence-corrected chi connectivity index (χ3v) is 6.69. The minimum absolute atomic E-state index is 0.181. The number of Topliss-reactive ketones (excluding diaryl/α,β-unsaturated/α-hetero) is 1.